The predicted octanol–water partition coefficient (Wildman–Crippen LogP) is 4.20. The van der Waals surface area contributed by atoms with Gasteiger partial charge in [-0.05, 0) is 68.2 Å². The number of aromatic hydroxyl groups is 1. The van der Waals surface area contributed by atoms with Crippen LogP contribution in [0, 0.1) is 5.92 Å². The third-order valence-corrected chi connectivity index (χ3v) is 5.22. The first kappa shape index (κ1) is 16.1. The van der Waals surface area contributed by atoms with Crippen molar-refractivity contribution in [1.82, 2.24) is 9.88 Å². The SMILES string of the molecule is CN(C)C[C@@H]1CCc2nc3ccccc3cc2[C@H]1c1cccc(O)c1. The Morgan fingerprint density at radius 1 is 1.08 bits per heavy atom. The summed E-state index contributed by atoms with van der Waals surface area (Å²) in [5.41, 5.74) is 4.79. The third-order valence-electron chi connectivity index (χ3n) is 5.22. The van der Waals surface area contributed by atoms with Crippen molar-refractivity contribution in [3.8, 4) is 5.75 Å². The molecule has 4 rings (SSSR count). The Labute approximate surface area is 148 Å². The van der Waals surface area contributed by atoms with Gasteiger partial charge in [-0.1, -0.05) is 30.3 Å². The molecule has 0 saturated heterocycles. The van der Waals surface area contributed by atoms with E-state index in [-0.39, 0.29) is 5.92 Å². The first-order valence-corrected chi connectivity index (χ1v) is 8.94. The summed E-state index contributed by atoms with van der Waals surface area (Å²) in [7, 11) is 4.27. The van der Waals surface area contributed by atoms with E-state index in [1.165, 1.54) is 22.2 Å². The molecule has 1 aliphatic rings. The van der Waals surface area contributed by atoms with Crippen molar-refractivity contribution < 1.29 is 5.11 Å². The van der Waals surface area contributed by atoms with Crippen molar-refractivity contribution in [2.45, 2.75) is 18.8 Å². The van der Waals surface area contributed by atoms with Crippen LogP contribution in [0.4, 0.5) is 0 Å². The number of aromatic nitrogens is 1. The molecule has 0 radical (unpaired) electrons. The van der Waals surface area contributed by atoms with Gasteiger partial charge in [0.05, 0.1) is 5.52 Å². The van der Waals surface area contributed by atoms with Crippen molar-refractivity contribution in [3.05, 3.63) is 71.4 Å². The lowest BCUT2D eigenvalue weighted by molar-refractivity contribution is 0.280. The molecule has 3 aromatic rings. The van der Waals surface area contributed by atoms with Crippen LogP contribution in [0.25, 0.3) is 10.9 Å². The van der Waals surface area contributed by atoms with Gasteiger partial charge in [0.15, 0.2) is 0 Å². The van der Waals surface area contributed by atoms with Crippen LogP contribution < -0.4 is 0 Å². The van der Waals surface area contributed by atoms with Gasteiger partial charge in [0, 0.05) is 23.5 Å². The molecule has 1 heterocycles. The Kier molecular flexibility index (Phi) is 4.18. The molecule has 1 aromatic heterocycles. The number of para-hydroxylation sites is 1. The van der Waals surface area contributed by atoms with Gasteiger partial charge in [-0.2, -0.15) is 0 Å². The smallest absolute Gasteiger partial charge is 0.115 e. The fourth-order valence-corrected chi connectivity index (χ4v) is 4.22. The van der Waals surface area contributed by atoms with E-state index in [1.54, 1.807) is 6.07 Å². The van der Waals surface area contributed by atoms with Gasteiger partial charge < -0.3 is 10.0 Å². The lowest BCUT2D eigenvalue weighted by Gasteiger charge is -2.35. The summed E-state index contributed by atoms with van der Waals surface area (Å²) >= 11 is 0. The van der Waals surface area contributed by atoms with Crippen LogP contribution in [0.5, 0.6) is 5.75 Å². The number of benzene rings is 2. The van der Waals surface area contributed by atoms with Gasteiger partial charge in [0.1, 0.15) is 5.75 Å². The summed E-state index contributed by atoms with van der Waals surface area (Å²) in [6.45, 7) is 1.03. The number of pyridine rings is 1. The molecule has 0 aliphatic heterocycles. The average Bonchev–Trinajstić information content (AvgIpc) is 2.59. The van der Waals surface area contributed by atoms with E-state index in [0.29, 0.717) is 11.7 Å². The maximum atomic E-state index is 10.0. The molecule has 0 saturated carbocycles. The van der Waals surface area contributed by atoms with Crippen molar-refractivity contribution in [3.63, 3.8) is 0 Å². The molecule has 0 amide bonds. The molecule has 3 nitrogen and oxygen atoms in total. The van der Waals surface area contributed by atoms with Crippen LogP contribution in [0.1, 0.15) is 29.2 Å². The molecule has 3 heteroatoms. The molecule has 0 bridgehead atoms. The third kappa shape index (κ3) is 3.12. The fourth-order valence-electron chi connectivity index (χ4n) is 4.22. The molecule has 1 aliphatic carbocycles. The van der Waals surface area contributed by atoms with Crippen LogP contribution in [-0.2, 0) is 6.42 Å². The normalized spacial score (nSPS) is 20.0. The van der Waals surface area contributed by atoms with Crippen LogP contribution in [0.3, 0.4) is 0 Å². The second-order valence-electron chi connectivity index (χ2n) is 7.35. The molecule has 0 spiro atoms. The van der Waals surface area contributed by atoms with E-state index >= 15 is 0 Å². The van der Waals surface area contributed by atoms with Crippen molar-refractivity contribution in [2.75, 3.05) is 20.6 Å². The lowest BCUT2D eigenvalue weighted by atomic mass is 9.73. The highest BCUT2D eigenvalue weighted by atomic mass is 16.3. The van der Waals surface area contributed by atoms with E-state index < -0.39 is 0 Å². The zero-order valence-electron chi connectivity index (χ0n) is 14.8. The Bertz CT molecular complexity index is 903. The minimum Gasteiger partial charge on any atom is -0.508 e. The summed E-state index contributed by atoms with van der Waals surface area (Å²) in [6.07, 6.45) is 2.14. The van der Waals surface area contributed by atoms with Crippen LogP contribution in [0.2, 0.25) is 0 Å². The largest absolute Gasteiger partial charge is 0.508 e. The Morgan fingerprint density at radius 3 is 2.72 bits per heavy atom. The highest BCUT2D eigenvalue weighted by molar-refractivity contribution is 5.80. The topological polar surface area (TPSA) is 36.4 Å². The van der Waals surface area contributed by atoms with E-state index in [9.17, 15) is 5.11 Å². The van der Waals surface area contributed by atoms with Crippen molar-refractivity contribution in [2.24, 2.45) is 5.92 Å². The van der Waals surface area contributed by atoms with E-state index in [4.69, 9.17) is 4.98 Å². The van der Waals surface area contributed by atoms with Gasteiger partial charge in [-0.25, -0.2) is 0 Å². The molecule has 2 aromatic carbocycles. The second kappa shape index (κ2) is 6.49. The molecule has 0 unspecified atom stereocenters. The number of fused-ring (bicyclic) bond motifs is 2. The van der Waals surface area contributed by atoms with Gasteiger partial charge in [-0.3, -0.25) is 4.98 Å². The van der Waals surface area contributed by atoms with Gasteiger partial charge in [0.2, 0.25) is 0 Å². The summed E-state index contributed by atoms with van der Waals surface area (Å²) in [4.78, 5) is 7.22. The molecule has 1 N–H and O–H groups in total. The first-order valence-electron chi connectivity index (χ1n) is 8.94. The zero-order chi connectivity index (χ0) is 17.4. The highest BCUT2D eigenvalue weighted by Crippen LogP contribution is 2.42. The number of phenols is 1. The van der Waals surface area contributed by atoms with E-state index in [2.05, 4.69) is 49.3 Å². The van der Waals surface area contributed by atoms with Gasteiger partial charge in [0.25, 0.3) is 0 Å². The maximum absolute atomic E-state index is 10.0. The molecule has 2 atom stereocenters. The molecule has 128 valence electrons. The minimum atomic E-state index is 0.273. The fraction of sp³-hybridized carbons (Fsp3) is 0.318. The quantitative estimate of drug-likeness (QED) is 0.781. The van der Waals surface area contributed by atoms with E-state index in [1.807, 2.05) is 18.2 Å². The summed E-state index contributed by atoms with van der Waals surface area (Å²) in [5.74, 6) is 1.13. The van der Waals surface area contributed by atoms with Crippen molar-refractivity contribution in [1.29, 1.82) is 0 Å². The molecular formula is C22H24N2O. The highest BCUT2D eigenvalue weighted by Gasteiger charge is 2.32. The first-order chi connectivity index (χ1) is 12.1. The predicted molar refractivity (Wildman–Crippen MR) is 102 cm³/mol. The second-order valence-corrected chi connectivity index (χ2v) is 7.35. The number of hydrogen-bond acceptors (Lipinski definition) is 3. The Balaban J connectivity index is 1.88. The molecule has 25 heavy (non-hydrogen) atoms. The van der Waals surface area contributed by atoms with Gasteiger partial charge >= 0.3 is 0 Å². The van der Waals surface area contributed by atoms with Crippen LogP contribution in [0.15, 0.2) is 54.6 Å². The Hall–Kier alpha value is -2.39. The monoisotopic (exact) mass is 332 g/mol. The standard InChI is InChI=1S/C22H24N2O/c1-24(2)14-17-10-11-21-19(13-15-6-3-4-9-20(15)23-21)22(17)16-7-5-8-18(25)12-16/h3-9,12-13,17,22,25H,10-11,14H2,1-2H3/t17-,22-/m0/s1. The minimum absolute atomic E-state index is 0.273. The Morgan fingerprint density at radius 2 is 1.92 bits per heavy atom. The van der Waals surface area contributed by atoms with Gasteiger partial charge in [-0.15, -0.1) is 0 Å². The van der Waals surface area contributed by atoms with E-state index in [0.717, 1.165) is 24.9 Å². The maximum Gasteiger partial charge on any atom is 0.115 e. The van der Waals surface area contributed by atoms with Crippen LogP contribution >= 0.6 is 0 Å². The lowest BCUT2D eigenvalue weighted by Crippen LogP contribution is -2.31. The number of nitrogens with zero attached hydrogens (tertiary/aromatic N) is 2. The number of hydrogen-bond donors (Lipinski definition) is 1. The average molecular weight is 332 g/mol. The molecular weight excluding hydrogens is 308 g/mol. The summed E-state index contributed by atoms with van der Waals surface area (Å²) < 4.78 is 0. The van der Waals surface area contributed by atoms with Crippen molar-refractivity contribution >= 4 is 10.9 Å². The zero-order valence-corrected chi connectivity index (χ0v) is 14.8. The molecule has 0 fully saturated rings. The number of aryl methyl sites for hydroxylation is 1. The summed E-state index contributed by atoms with van der Waals surface area (Å²) in [6, 6.07) is 18.4. The number of phenolic OH excluding ortho intramolecular Hbond substituents is 1. The van der Waals surface area contributed by atoms with Crippen LogP contribution in [-0.4, -0.2) is 35.6 Å². The summed E-state index contributed by atoms with van der Waals surface area (Å²) in [5, 5.41) is 11.2. The number of rotatable bonds is 3.